The third-order valence-corrected chi connectivity index (χ3v) is 6.35. The van der Waals surface area contributed by atoms with Crippen molar-refractivity contribution in [3.8, 4) is 5.82 Å². The predicted molar refractivity (Wildman–Crippen MR) is 97.2 cm³/mol. The number of hydrogen-bond acceptors (Lipinski definition) is 6. The summed E-state index contributed by atoms with van der Waals surface area (Å²) in [4.78, 5) is 11.9. The van der Waals surface area contributed by atoms with Gasteiger partial charge in [-0.15, -0.1) is 0 Å². The normalized spacial score (nSPS) is 19.3. The second-order valence-corrected chi connectivity index (χ2v) is 8.95. The molecule has 1 fully saturated rings. The summed E-state index contributed by atoms with van der Waals surface area (Å²) in [5, 5.41) is 8.03. The first-order chi connectivity index (χ1) is 12.2. The van der Waals surface area contributed by atoms with Gasteiger partial charge in [0.15, 0.2) is 15.7 Å². The molecule has 8 nitrogen and oxygen atoms in total. The number of nitrogens with one attached hydrogen (secondary N) is 1. The van der Waals surface area contributed by atoms with Crippen LogP contribution in [0.2, 0.25) is 0 Å². The highest BCUT2D eigenvalue weighted by Gasteiger charge is 2.29. The molecule has 0 bridgehead atoms. The van der Waals surface area contributed by atoms with Crippen LogP contribution in [0.3, 0.4) is 0 Å². The van der Waals surface area contributed by atoms with Gasteiger partial charge >= 0.3 is 0 Å². The molecule has 3 heterocycles. The Labute approximate surface area is 152 Å². The average Bonchev–Trinajstić information content (AvgIpc) is 3.18. The molecule has 9 heteroatoms. The van der Waals surface area contributed by atoms with Gasteiger partial charge in [0, 0.05) is 29.4 Å². The van der Waals surface area contributed by atoms with Crippen LogP contribution in [0.5, 0.6) is 0 Å². The molecular formula is C17H22N4O4S. The molecule has 1 aliphatic heterocycles. The number of hydrogen-bond donors (Lipinski definition) is 1. The average molecular weight is 378 g/mol. The van der Waals surface area contributed by atoms with E-state index in [9.17, 15) is 13.2 Å². The van der Waals surface area contributed by atoms with Gasteiger partial charge in [0.25, 0.3) is 0 Å². The monoisotopic (exact) mass is 378 g/mol. The van der Waals surface area contributed by atoms with Gasteiger partial charge in [-0.3, -0.25) is 9.36 Å². The summed E-state index contributed by atoms with van der Waals surface area (Å²) in [6.45, 7) is 5.72. The van der Waals surface area contributed by atoms with Gasteiger partial charge in [0.05, 0.1) is 17.7 Å². The van der Waals surface area contributed by atoms with E-state index in [4.69, 9.17) is 4.52 Å². The lowest BCUT2D eigenvalue weighted by Crippen LogP contribution is -2.21. The van der Waals surface area contributed by atoms with Crippen molar-refractivity contribution in [2.45, 2.75) is 33.6 Å². The third kappa shape index (κ3) is 4.04. The van der Waals surface area contributed by atoms with Gasteiger partial charge in [-0.2, -0.15) is 5.10 Å². The van der Waals surface area contributed by atoms with E-state index < -0.39 is 9.84 Å². The fourth-order valence-electron chi connectivity index (χ4n) is 3.24. The Balaban J connectivity index is 1.63. The molecule has 0 aliphatic carbocycles. The van der Waals surface area contributed by atoms with E-state index in [0.29, 0.717) is 12.2 Å². The van der Waals surface area contributed by atoms with Crippen molar-refractivity contribution in [1.82, 2.24) is 15.1 Å². The smallest absolute Gasteiger partial charge is 0.240 e. The first kappa shape index (κ1) is 18.4. The number of aromatic nitrogens is 2. The molecule has 3 rings (SSSR count). The fraction of sp³-hybridized carbons (Fsp3) is 0.471. The molecule has 2 aromatic heterocycles. The molecule has 0 aromatic carbocycles. The Bertz CT molecular complexity index is 956. The molecule has 26 heavy (non-hydrogen) atoms. The molecular weight excluding hydrogens is 356 g/mol. The maximum atomic E-state index is 11.9. The second-order valence-electron chi connectivity index (χ2n) is 6.72. The highest BCUT2D eigenvalue weighted by molar-refractivity contribution is 7.91. The fourth-order valence-corrected chi connectivity index (χ4v) is 5.11. The number of sulfone groups is 1. The highest BCUT2D eigenvalue weighted by Crippen LogP contribution is 2.21. The topological polar surface area (TPSA) is 107 Å². The van der Waals surface area contributed by atoms with Crippen molar-refractivity contribution in [1.29, 1.82) is 0 Å². The van der Waals surface area contributed by atoms with Crippen LogP contribution in [-0.4, -0.2) is 41.8 Å². The Kier molecular flexibility index (Phi) is 4.99. The van der Waals surface area contributed by atoms with E-state index in [2.05, 4.69) is 15.7 Å². The lowest BCUT2D eigenvalue weighted by molar-refractivity contribution is -0.121. The molecule has 0 saturated carbocycles. The molecule has 0 radical (unpaired) electrons. The zero-order valence-corrected chi connectivity index (χ0v) is 15.8. The summed E-state index contributed by atoms with van der Waals surface area (Å²) in [7, 11) is -2.97. The number of amides is 1. The highest BCUT2D eigenvalue weighted by atomic mass is 32.2. The van der Waals surface area contributed by atoms with E-state index in [1.807, 2.05) is 37.5 Å². The van der Waals surface area contributed by atoms with E-state index in [1.54, 1.807) is 6.21 Å². The van der Waals surface area contributed by atoms with Crippen LogP contribution in [-0.2, 0) is 14.6 Å². The summed E-state index contributed by atoms with van der Waals surface area (Å²) >= 11 is 0. The number of rotatable bonds is 5. The van der Waals surface area contributed by atoms with Gasteiger partial charge in [-0.25, -0.2) is 13.8 Å². The molecule has 1 N–H and O–H groups in total. The van der Waals surface area contributed by atoms with Crippen LogP contribution < -0.4 is 5.43 Å². The van der Waals surface area contributed by atoms with Gasteiger partial charge < -0.3 is 4.52 Å². The number of carbonyl (C=O) groups is 1. The van der Waals surface area contributed by atoms with Gasteiger partial charge in [-0.05, 0) is 39.2 Å². The van der Waals surface area contributed by atoms with Gasteiger partial charge in [0.1, 0.15) is 5.76 Å². The quantitative estimate of drug-likeness (QED) is 0.629. The van der Waals surface area contributed by atoms with Crippen molar-refractivity contribution in [3.63, 3.8) is 0 Å². The predicted octanol–water partition coefficient (Wildman–Crippen LogP) is 1.67. The van der Waals surface area contributed by atoms with E-state index in [0.717, 1.165) is 22.7 Å². The van der Waals surface area contributed by atoms with Crippen LogP contribution >= 0.6 is 0 Å². The maximum absolute atomic E-state index is 11.9. The van der Waals surface area contributed by atoms with Crippen molar-refractivity contribution in [2.75, 3.05) is 11.5 Å². The standard InChI is InChI=1S/C17H22N4O4S/c1-11-6-15(13(3)21(11)16-7-12(2)25-20-16)9-18-19-17(22)8-14-4-5-26(23,24)10-14/h6-7,9,14H,4-5,8,10H2,1-3H3,(H,19,22)/b18-9-/t14-/m0/s1. The number of hydrazone groups is 1. The molecule has 1 saturated heterocycles. The molecule has 0 unspecified atom stereocenters. The van der Waals surface area contributed by atoms with Crippen molar-refractivity contribution < 1.29 is 17.7 Å². The number of nitrogens with zero attached hydrogens (tertiary/aromatic N) is 3. The lowest BCUT2D eigenvalue weighted by atomic mass is 10.1. The van der Waals surface area contributed by atoms with E-state index in [-0.39, 0.29) is 29.8 Å². The van der Waals surface area contributed by atoms with Crippen molar-refractivity contribution in [3.05, 3.63) is 34.8 Å². The number of carbonyl (C=O) groups excluding carboxylic acids is 1. The third-order valence-electron chi connectivity index (χ3n) is 4.51. The zero-order chi connectivity index (χ0) is 18.9. The Morgan fingerprint density at radius 3 is 2.81 bits per heavy atom. The van der Waals surface area contributed by atoms with Crippen LogP contribution in [0.25, 0.3) is 5.82 Å². The largest absolute Gasteiger partial charge is 0.360 e. The zero-order valence-electron chi connectivity index (χ0n) is 15.0. The molecule has 1 amide bonds. The summed E-state index contributed by atoms with van der Waals surface area (Å²) in [6, 6.07) is 3.79. The summed E-state index contributed by atoms with van der Waals surface area (Å²) in [5.74, 6) is 1.29. The Morgan fingerprint density at radius 2 is 2.19 bits per heavy atom. The van der Waals surface area contributed by atoms with Crippen molar-refractivity contribution >= 4 is 22.0 Å². The molecule has 140 valence electrons. The lowest BCUT2D eigenvalue weighted by Gasteiger charge is -2.05. The van der Waals surface area contributed by atoms with Crippen LogP contribution in [0.4, 0.5) is 0 Å². The summed E-state index contributed by atoms with van der Waals surface area (Å²) in [5.41, 5.74) is 5.23. The second kappa shape index (κ2) is 7.06. The molecule has 1 atom stereocenters. The molecule has 1 aliphatic rings. The van der Waals surface area contributed by atoms with Crippen LogP contribution in [0.1, 0.15) is 35.6 Å². The van der Waals surface area contributed by atoms with Crippen LogP contribution in [0.15, 0.2) is 21.8 Å². The minimum atomic E-state index is -2.97. The van der Waals surface area contributed by atoms with E-state index in [1.165, 1.54) is 0 Å². The summed E-state index contributed by atoms with van der Waals surface area (Å²) < 4.78 is 29.9. The van der Waals surface area contributed by atoms with Crippen LogP contribution in [0, 0.1) is 26.7 Å². The Morgan fingerprint density at radius 1 is 1.42 bits per heavy atom. The summed E-state index contributed by atoms with van der Waals surface area (Å²) in [6.07, 6.45) is 2.29. The minimum absolute atomic E-state index is 0.0857. The first-order valence-electron chi connectivity index (χ1n) is 8.40. The number of aryl methyl sites for hydroxylation is 2. The van der Waals surface area contributed by atoms with Gasteiger partial charge in [-0.1, -0.05) is 5.16 Å². The molecule has 2 aromatic rings. The SMILES string of the molecule is Cc1cc(-n2c(C)cc(/C=N\NC(=O)C[C@@H]3CCS(=O)(=O)C3)c2C)no1. The maximum Gasteiger partial charge on any atom is 0.240 e. The minimum Gasteiger partial charge on any atom is -0.360 e. The molecule has 0 spiro atoms. The van der Waals surface area contributed by atoms with Crippen molar-refractivity contribution in [2.24, 2.45) is 11.0 Å². The van der Waals surface area contributed by atoms with Gasteiger partial charge in [0.2, 0.25) is 5.91 Å². The Hall–Kier alpha value is -2.42. The van der Waals surface area contributed by atoms with E-state index >= 15 is 0 Å². The first-order valence-corrected chi connectivity index (χ1v) is 10.2.